The molecule has 4 rings (SSSR count). The normalized spacial score (nSPS) is 27.1. The quantitative estimate of drug-likeness (QED) is 0.422. The molecule has 212 valence electrons. The first-order valence-electron chi connectivity index (χ1n) is 13.2. The average molecular weight is 557 g/mol. The van der Waals surface area contributed by atoms with Crippen LogP contribution in [0.3, 0.4) is 0 Å². The minimum atomic E-state index is -3.60. The van der Waals surface area contributed by atoms with E-state index in [1.54, 1.807) is 18.9 Å². The van der Waals surface area contributed by atoms with Gasteiger partial charge >= 0.3 is 0 Å². The van der Waals surface area contributed by atoms with E-state index in [4.69, 9.17) is 4.74 Å². The number of likely N-dealkylation sites (N-methyl/N-ethyl adjacent to an activating group) is 1. The number of carbonyl (C=O) groups is 2. The van der Waals surface area contributed by atoms with Crippen LogP contribution in [-0.2, 0) is 19.6 Å². The summed E-state index contributed by atoms with van der Waals surface area (Å²) in [4.78, 5) is 27.5. The molecule has 0 spiro atoms. The first-order valence-corrected chi connectivity index (χ1v) is 15.1. The Balaban J connectivity index is 1.62. The lowest BCUT2D eigenvalue weighted by atomic mass is 9.82. The van der Waals surface area contributed by atoms with Crippen molar-refractivity contribution in [3.05, 3.63) is 29.8 Å². The topological polar surface area (TPSA) is 108 Å². The van der Waals surface area contributed by atoms with E-state index >= 15 is 0 Å². The number of benzene rings is 1. The maximum absolute atomic E-state index is 14.2. The van der Waals surface area contributed by atoms with Gasteiger partial charge in [-0.05, 0) is 51.3 Å². The van der Waals surface area contributed by atoms with E-state index < -0.39 is 51.4 Å². The standard InChI is InChI=1S/C26H38F2N4O5S/c1-26(16-33,29-2)15-30-23(17-7-5-4-6-8-17)25(34)31-12-11-21-24(31)22(14-32(21)38(3,35)36)37-18-9-10-19(27)20(28)13-18/h9-10,13,16-17,21-24,29-30H,4-8,11-12,14-15H2,1-3H3. The fourth-order valence-electron chi connectivity index (χ4n) is 6.07. The molecule has 0 radical (unpaired) electrons. The molecule has 3 fully saturated rings. The highest BCUT2D eigenvalue weighted by molar-refractivity contribution is 7.88. The van der Waals surface area contributed by atoms with Gasteiger partial charge in [0.05, 0.1) is 36.5 Å². The van der Waals surface area contributed by atoms with Gasteiger partial charge in [-0.25, -0.2) is 17.2 Å². The van der Waals surface area contributed by atoms with Crippen LogP contribution in [0.25, 0.3) is 0 Å². The molecule has 0 aromatic heterocycles. The number of sulfonamides is 1. The van der Waals surface area contributed by atoms with Gasteiger partial charge in [0.1, 0.15) is 18.1 Å². The Morgan fingerprint density at radius 1 is 1.21 bits per heavy atom. The Hall–Kier alpha value is -2.15. The van der Waals surface area contributed by atoms with Gasteiger partial charge in [-0.1, -0.05) is 19.3 Å². The van der Waals surface area contributed by atoms with Gasteiger partial charge in [-0.3, -0.25) is 4.79 Å². The fourth-order valence-corrected chi connectivity index (χ4v) is 7.21. The monoisotopic (exact) mass is 556 g/mol. The van der Waals surface area contributed by atoms with Crippen molar-refractivity contribution in [3.8, 4) is 5.75 Å². The highest BCUT2D eigenvalue weighted by atomic mass is 32.2. The molecule has 2 aliphatic heterocycles. The van der Waals surface area contributed by atoms with E-state index in [0.29, 0.717) is 13.0 Å². The van der Waals surface area contributed by atoms with Crippen LogP contribution >= 0.6 is 0 Å². The van der Waals surface area contributed by atoms with Crippen LogP contribution in [0.1, 0.15) is 45.4 Å². The maximum atomic E-state index is 14.2. The summed E-state index contributed by atoms with van der Waals surface area (Å²) in [5, 5.41) is 6.35. The molecule has 2 saturated heterocycles. The number of rotatable bonds is 10. The average Bonchev–Trinajstić information content (AvgIpc) is 3.48. The van der Waals surface area contributed by atoms with E-state index in [1.165, 1.54) is 10.4 Å². The zero-order valence-electron chi connectivity index (χ0n) is 22.2. The number of fused-ring (bicyclic) bond motifs is 1. The van der Waals surface area contributed by atoms with Crippen molar-refractivity contribution in [2.24, 2.45) is 5.92 Å². The van der Waals surface area contributed by atoms with E-state index in [0.717, 1.165) is 56.8 Å². The molecular weight excluding hydrogens is 518 g/mol. The summed E-state index contributed by atoms with van der Waals surface area (Å²) in [6.45, 7) is 2.36. The number of nitrogens with one attached hydrogen (secondary N) is 2. The molecule has 3 aliphatic rings. The summed E-state index contributed by atoms with van der Waals surface area (Å²) in [7, 11) is -1.91. The molecule has 2 heterocycles. The van der Waals surface area contributed by atoms with Crippen LogP contribution in [0, 0.1) is 17.6 Å². The van der Waals surface area contributed by atoms with Crippen LogP contribution in [0.2, 0.25) is 0 Å². The number of hydrogen-bond donors (Lipinski definition) is 2. The van der Waals surface area contributed by atoms with Crippen molar-refractivity contribution < 1.29 is 31.5 Å². The lowest BCUT2D eigenvalue weighted by Crippen LogP contribution is -2.59. The van der Waals surface area contributed by atoms with Gasteiger partial charge in [-0.15, -0.1) is 0 Å². The first-order chi connectivity index (χ1) is 18.0. The van der Waals surface area contributed by atoms with E-state index in [9.17, 15) is 26.8 Å². The SMILES string of the molecule is CNC(C)(C=O)CNC(C(=O)N1CCC2C1C(Oc1ccc(F)c(F)c1)CN2S(C)(=O)=O)C1CCCCC1. The zero-order chi connectivity index (χ0) is 27.7. The fraction of sp³-hybridized carbons (Fsp3) is 0.692. The minimum Gasteiger partial charge on any atom is -0.487 e. The Morgan fingerprint density at radius 2 is 1.92 bits per heavy atom. The van der Waals surface area contributed by atoms with Crippen LogP contribution < -0.4 is 15.4 Å². The van der Waals surface area contributed by atoms with Gasteiger partial charge < -0.3 is 25.1 Å². The molecule has 1 aliphatic carbocycles. The Labute approximate surface area is 223 Å². The molecule has 2 N–H and O–H groups in total. The molecule has 1 aromatic rings. The van der Waals surface area contributed by atoms with Gasteiger partial charge in [-0.2, -0.15) is 4.31 Å². The second-order valence-corrected chi connectivity index (χ2v) is 12.9. The van der Waals surface area contributed by atoms with Crippen LogP contribution in [0.5, 0.6) is 5.75 Å². The third kappa shape index (κ3) is 6.03. The van der Waals surface area contributed by atoms with Crippen molar-refractivity contribution in [2.75, 3.05) is 32.9 Å². The Morgan fingerprint density at radius 3 is 2.53 bits per heavy atom. The number of hydrogen-bond acceptors (Lipinski definition) is 7. The molecular formula is C26H38F2N4O5S. The number of nitrogens with zero attached hydrogens (tertiary/aromatic N) is 2. The summed E-state index contributed by atoms with van der Waals surface area (Å²) in [6, 6.07) is 1.57. The van der Waals surface area contributed by atoms with Gasteiger partial charge in [0.2, 0.25) is 15.9 Å². The number of amides is 1. The molecule has 1 aromatic carbocycles. The maximum Gasteiger partial charge on any atom is 0.240 e. The second-order valence-electron chi connectivity index (χ2n) is 11.0. The summed E-state index contributed by atoms with van der Waals surface area (Å²) < 4.78 is 60.0. The summed E-state index contributed by atoms with van der Waals surface area (Å²) >= 11 is 0. The lowest BCUT2D eigenvalue weighted by molar-refractivity contribution is -0.137. The molecule has 5 atom stereocenters. The highest BCUT2D eigenvalue weighted by Gasteiger charge is 2.55. The van der Waals surface area contributed by atoms with Gasteiger partial charge in [0.15, 0.2) is 11.6 Å². The van der Waals surface area contributed by atoms with Gasteiger partial charge in [0, 0.05) is 19.2 Å². The molecule has 5 unspecified atom stereocenters. The second kappa shape index (κ2) is 11.5. The number of halogens is 2. The van der Waals surface area contributed by atoms with Crippen molar-refractivity contribution >= 4 is 22.2 Å². The predicted octanol–water partition coefficient (Wildman–Crippen LogP) is 1.67. The van der Waals surface area contributed by atoms with E-state index in [1.807, 2.05) is 0 Å². The number of carbonyl (C=O) groups excluding carboxylic acids is 2. The summed E-state index contributed by atoms with van der Waals surface area (Å²) in [6.07, 6.45) is 6.55. The third-order valence-electron chi connectivity index (χ3n) is 8.33. The molecule has 1 saturated carbocycles. The number of likely N-dealkylation sites (tertiary alicyclic amines) is 1. The summed E-state index contributed by atoms with van der Waals surface area (Å²) in [5.74, 6) is -2.08. The Bertz CT molecular complexity index is 1130. The summed E-state index contributed by atoms with van der Waals surface area (Å²) in [5.41, 5.74) is -0.848. The van der Waals surface area contributed by atoms with E-state index in [-0.39, 0.29) is 30.7 Å². The van der Waals surface area contributed by atoms with Crippen molar-refractivity contribution in [1.29, 1.82) is 0 Å². The smallest absolute Gasteiger partial charge is 0.240 e. The molecule has 0 bridgehead atoms. The minimum absolute atomic E-state index is 0.00142. The number of ether oxygens (including phenoxy) is 1. The number of aldehydes is 1. The highest BCUT2D eigenvalue weighted by Crippen LogP contribution is 2.37. The van der Waals surface area contributed by atoms with Crippen molar-refractivity contribution in [2.45, 2.75) is 75.2 Å². The zero-order valence-corrected chi connectivity index (χ0v) is 23.0. The van der Waals surface area contributed by atoms with Crippen LogP contribution in [-0.4, -0.2) is 92.5 Å². The Kier molecular flexibility index (Phi) is 8.75. The van der Waals surface area contributed by atoms with Gasteiger partial charge in [0.25, 0.3) is 0 Å². The predicted molar refractivity (Wildman–Crippen MR) is 138 cm³/mol. The largest absolute Gasteiger partial charge is 0.487 e. The van der Waals surface area contributed by atoms with Crippen LogP contribution in [0.4, 0.5) is 8.78 Å². The molecule has 12 heteroatoms. The molecule has 9 nitrogen and oxygen atoms in total. The van der Waals surface area contributed by atoms with Crippen molar-refractivity contribution in [3.63, 3.8) is 0 Å². The third-order valence-corrected chi connectivity index (χ3v) is 9.60. The first kappa shape index (κ1) is 28.8. The van der Waals surface area contributed by atoms with Crippen molar-refractivity contribution in [1.82, 2.24) is 19.8 Å². The van der Waals surface area contributed by atoms with E-state index in [2.05, 4.69) is 10.6 Å². The van der Waals surface area contributed by atoms with Crippen LogP contribution in [0.15, 0.2) is 18.2 Å². The molecule has 38 heavy (non-hydrogen) atoms. The molecule has 1 amide bonds. The lowest BCUT2D eigenvalue weighted by Gasteiger charge is -2.37.